The summed E-state index contributed by atoms with van der Waals surface area (Å²) in [5, 5.41) is 3.39. The van der Waals surface area contributed by atoms with Crippen molar-refractivity contribution in [1.29, 1.82) is 0 Å². The van der Waals surface area contributed by atoms with Crippen LogP contribution in [0.1, 0.15) is 19.3 Å². The van der Waals surface area contributed by atoms with Gasteiger partial charge in [0.1, 0.15) is 11.5 Å². The number of rotatable bonds is 3. The van der Waals surface area contributed by atoms with Gasteiger partial charge < -0.3 is 15.0 Å². The Labute approximate surface area is 154 Å². The minimum atomic E-state index is -0.183. The maximum Gasteiger partial charge on any atom is 0.234 e. The highest BCUT2D eigenvalue weighted by atomic mass is 35.5. The molecule has 2 fully saturated rings. The van der Waals surface area contributed by atoms with Crippen molar-refractivity contribution in [2.24, 2.45) is 5.41 Å². The molecule has 1 spiro atoms. The van der Waals surface area contributed by atoms with Crippen LogP contribution in [0.3, 0.4) is 0 Å². The lowest BCUT2D eigenvalue weighted by atomic mass is 9.79. The van der Waals surface area contributed by atoms with Gasteiger partial charge >= 0.3 is 0 Å². The standard InChI is InChI=1S/C20H22N2O2.ClH/c23-19-20(11-4-13-21-15-20)12-14-22(19)16-7-9-18(10-8-16)24-17-5-2-1-3-6-17;/h1-3,5-10,21H,4,11-15H2;1H. The second-order valence-electron chi connectivity index (χ2n) is 6.68. The quantitative estimate of drug-likeness (QED) is 0.901. The van der Waals surface area contributed by atoms with E-state index in [4.69, 9.17) is 4.74 Å². The number of halogens is 1. The third-order valence-corrected chi connectivity index (χ3v) is 5.11. The molecule has 2 aromatic rings. The van der Waals surface area contributed by atoms with Crippen LogP contribution in [0, 0.1) is 5.41 Å². The third-order valence-electron chi connectivity index (χ3n) is 5.11. The van der Waals surface area contributed by atoms with E-state index in [0.717, 1.165) is 56.1 Å². The van der Waals surface area contributed by atoms with Crippen LogP contribution < -0.4 is 15.0 Å². The van der Waals surface area contributed by atoms with Gasteiger partial charge in [-0.05, 0) is 62.2 Å². The Balaban J connectivity index is 0.00000182. The minimum Gasteiger partial charge on any atom is -0.457 e. The molecule has 4 nitrogen and oxygen atoms in total. The summed E-state index contributed by atoms with van der Waals surface area (Å²) in [4.78, 5) is 14.8. The first-order valence-electron chi connectivity index (χ1n) is 8.63. The predicted molar refractivity (Wildman–Crippen MR) is 102 cm³/mol. The average Bonchev–Trinajstić information content (AvgIpc) is 2.94. The van der Waals surface area contributed by atoms with Crippen molar-refractivity contribution in [3.8, 4) is 11.5 Å². The number of nitrogens with one attached hydrogen (secondary N) is 1. The fourth-order valence-electron chi connectivity index (χ4n) is 3.75. The van der Waals surface area contributed by atoms with E-state index in [9.17, 15) is 4.79 Å². The molecule has 1 amide bonds. The van der Waals surface area contributed by atoms with E-state index in [0.29, 0.717) is 0 Å². The SMILES string of the molecule is Cl.O=C1N(c2ccc(Oc3ccccc3)cc2)CCC12CCCNC2. The number of benzene rings is 2. The van der Waals surface area contributed by atoms with Crippen molar-refractivity contribution in [1.82, 2.24) is 5.32 Å². The lowest BCUT2D eigenvalue weighted by Gasteiger charge is -2.32. The molecule has 2 saturated heterocycles. The number of amides is 1. The normalized spacial score (nSPS) is 22.7. The molecular weight excluding hydrogens is 336 g/mol. The molecule has 1 N–H and O–H groups in total. The number of para-hydroxylation sites is 1. The van der Waals surface area contributed by atoms with Crippen molar-refractivity contribution in [3.05, 3.63) is 54.6 Å². The summed E-state index contributed by atoms with van der Waals surface area (Å²) in [6.45, 7) is 2.65. The number of piperidine rings is 1. The van der Waals surface area contributed by atoms with Crippen LogP contribution in [0.4, 0.5) is 5.69 Å². The molecule has 132 valence electrons. The highest BCUT2D eigenvalue weighted by molar-refractivity contribution is 6.00. The molecule has 1 atom stereocenters. The van der Waals surface area contributed by atoms with Gasteiger partial charge in [-0.3, -0.25) is 4.79 Å². The second-order valence-corrected chi connectivity index (χ2v) is 6.68. The first-order chi connectivity index (χ1) is 11.8. The predicted octanol–water partition coefficient (Wildman–Crippen LogP) is 4.01. The average molecular weight is 359 g/mol. The molecule has 2 aliphatic heterocycles. The zero-order valence-corrected chi connectivity index (χ0v) is 14.9. The maximum absolute atomic E-state index is 12.9. The van der Waals surface area contributed by atoms with E-state index in [1.54, 1.807) is 0 Å². The molecular formula is C20H23ClN2O2. The maximum atomic E-state index is 12.9. The number of hydrogen-bond donors (Lipinski definition) is 1. The Bertz CT molecular complexity index is 712. The van der Waals surface area contributed by atoms with Gasteiger partial charge in [0, 0.05) is 18.8 Å². The molecule has 2 aliphatic rings. The van der Waals surface area contributed by atoms with Crippen LogP contribution in [-0.2, 0) is 4.79 Å². The van der Waals surface area contributed by atoms with Crippen LogP contribution >= 0.6 is 12.4 Å². The third kappa shape index (κ3) is 3.51. The summed E-state index contributed by atoms with van der Waals surface area (Å²) in [7, 11) is 0. The zero-order valence-electron chi connectivity index (χ0n) is 14.1. The lowest BCUT2D eigenvalue weighted by molar-refractivity contribution is -0.126. The molecule has 2 heterocycles. The smallest absolute Gasteiger partial charge is 0.234 e. The lowest BCUT2D eigenvalue weighted by Crippen LogP contribution is -2.45. The number of carbonyl (C=O) groups is 1. The summed E-state index contributed by atoms with van der Waals surface area (Å²) in [6, 6.07) is 17.5. The largest absolute Gasteiger partial charge is 0.457 e. The van der Waals surface area contributed by atoms with E-state index in [1.807, 2.05) is 59.5 Å². The van der Waals surface area contributed by atoms with E-state index in [2.05, 4.69) is 5.32 Å². The van der Waals surface area contributed by atoms with Crippen LogP contribution in [0.25, 0.3) is 0 Å². The van der Waals surface area contributed by atoms with E-state index >= 15 is 0 Å². The number of carbonyl (C=O) groups excluding carboxylic acids is 1. The van der Waals surface area contributed by atoms with Crippen molar-refractivity contribution in [3.63, 3.8) is 0 Å². The van der Waals surface area contributed by atoms with Crippen LogP contribution in [0.15, 0.2) is 54.6 Å². The van der Waals surface area contributed by atoms with Gasteiger partial charge in [0.05, 0.1) is 5.41 Å². The van der Waals surface area contributed by atoms with Crippen molar-refractivity contribution in [2.75, 3.05) is 24.5 Å². The summed E-state index contributed by atoms with van der Waals surface area (Å²) in [5.41, 5.74) is 0.778. The fourth-order valence-corrected chi connectivity index (χ4v) is 3.75. The van der Waals surface area contributed by atoms with E-state index < -0.39 is 0 Å². The summed E-state index contributed by atoms with van der Waals surface area (Å²) in [5.74, 6) is 1.87. The fraction of sp³-hybridized carbons (Fsp3) is 0.350. The first-order valence-corrected chi connectivity index (χ1v) is 8.63. The highest BCUT2D eigenvalue weighted by Gasteiger charge is 2.47. The molecule has 0 bridgehead atoms. The van der Waals surface area contributed by atoms with Gasteiger partial charge in [0.25, 0.3) is 0 Å². The van der Waals surface area contributed by atoms with Crippen molar-refractivity contribution < 1.29 is 9.53 Å². The highest BCUT2D eigenvalue weighted by Crippen LogP contribution is 2.40. The molecule has 0 aliphatic carbocycles. The van der Waals surface area contributed by atoms with Gasteiger partial charge in [0.15, 0.2) is 0 Å². The number of ether oxygens (including phenoxy) is 1. The molecule has 0 saturated carbocycles. The monoisotopic (exact) mass is 358 g/mol. The van der Waals surface area contributed by atoms with Gasteiger partial charge in [-0.25, -0.2) is 0 Å². The van der Waals surface area contributed by atoms with Crippen LogP contribution in [0.2, 0.25) is 0 Å². The van der Waals surface area contributed by atoms with Gasteiger partial charge in [-0.1, -0.05) is 18.2 Å². The molecule has 2 aromatic carbocycles. The summed E-state index contributed by atoms with van der Waals surface area (Å²) < 4.78 is 5.82. The van der Waals surface area contributed by atoms with E-state index in [1.165, 1.54) is 0 Å². The van der Waals surface area contributed by atoms with Crippen LogP contribution in [0.5, 0.6) is 11.5 Å². The summed E-state index contributed by atoms with van der Waals surface area (Å²) >= 11 is 0. The second kappa shape index (κ2) is 7.46. The van der Waals surface area contributed by atoms with Gasteiger partial charge in [-0.2, -0.15) is 0 Å². The number of hydrogen-bond acceptors (Lipinski definition) is 3. The minimum absolute atomic E-state index is 0. The molecule has 5 heteroatoms. The van der Waals surface area contributed by atoms with Crippen LogP contribution in [-0.4, -0.2) is 25.5 Å². The molecule has 4 rings (SSSR count). The Morgan fingerprint density at radius 1 is 0.960 bits per heavy atom. The van der Waals surface area contributed by atoms with Crippen molar-refractivity contribution >= 4 is 24.0 Å². The topological polar surface area (TPSA) is 41.6 Å². The Morgan fingerprint density at radius 2 is 1.68 bits per heavy atom. The Hall–Kier alpha value is -2.04. The molecule has 0 radical (unpaired) electrons. The van der Waals surface area contributed by atoms with Gasteiger partial charge in [-0.15, -0.1) is 12.4 Å². The van der Waals surface area contributed by atoms with Gasteiger partial charge in [0.2, 0.25) is 5.91 Å². The number of anilines is 1. The van der Waals surface area contributed by atoms with E-state index in [-0.39, 0.29) is 23.7 Å². The molecule has 25 heavy (non-hydrogen) atoms. The molecule has 0 aromatic heterocycles. The number of nitrogens with zero attached hydrogens (tertiary/aromatic N) is 1. The van der Waals surface area contributed by atoms with Crippen molar-refractivity contribution in [2.45, 2.75) is 19.3 Å². The molecule has 1 unspecified atom stereocenters. The zero-order chi connectivity index (χ0) is 16.4. The first kappa shape index (κ1) is 17.8. The summed E-state index contributed by atoms with van der Waals surface area (Å²) in [6.07, 6.45) is 3.04. The Morgan fingerprint density at radius 3 is 2.36 bits per heavy atom. The Kier molecular flexibility index (Phi) is 5.30.